The van der Waals surface area contributed by atoms with E-state index in [1.165, 1.54) is 6.08 Å². The molecular weight excluding hydrogens is 168 g/mol. The van der Waals surface area contributed by atoms with Gasteiger partial charge in [0, 0.05) is 12.5 Å². The van der Waals surface area contributed by atoms with E-state index >= 15 is 0 Å². The molecular formula is C10H14O3. The number of allylic oxidation sites excluding steroid dienone is 1. The van der Waals surface area contributed by atoms with Crippen LogP contribution in [0.2, 0.25) is 0 Å². The van der Waals surface area contributed by atoms with Crippen LogP contribution < -0.4 is 0 Å². The smallest absolute Gasteiger partial charge is 0.331 e. The zero-order chi connectivity index (χ0) is 10.3. The Morgan fingerprint density at radius 2 is 2.23 bits per heavy atom. The van der Waals surface area contributed by atoms with Crippen molar-refractivity contribution in [3.8, 4) is 0 Å². The van der Waals surface area contributed by atoms with E-state index in [9.17, 15) is 9.59 Å². The SMILES string of the molecule is C=C(C)CC(C=O)OC(=O)/C=C/C. The van der Waals surface area contributed by atoms with Gasteiger partial charge in [0.15, 0.2) is 12.4 Å². The Morgan fingerprint density at radius 3 is 2.62 bits per heavy atom. The van der Waals surface area contributed by atoms with E-state index in [0.717, 1.165) is 5.57 Å². The van der Waals surface area contributed by atoms with Crippen LogP contribution in [0.3, 0.4) is 0 Å². The van der Waals surface area contributed by atoms with Crippen LogP contribution in [0.4, 0.5) is 0 Å². The van der Waals surface area contributed by atoms with Gasteiger partial charge < -0.3 is 4.74 Å². The van der Waals surface area contributed by atoms with Crippen molar-refractivity contribution < 1.29 is 14.3 Å². The Kier molecular flexibility index (Phi) is 5.52. The Hall–Kier alpha value is -1.38. The van der Waals surface area contributed by atoms with Gasteiger partial charge in [0.25, 0.3) is 0 Å². The van der Waals surface area contributed by atoms with E-state index in [4.69, 9.17) is 4.74 Å². The van der Waals surface area contributed by atoms with E-state index in [1.807, 2.05) is 0 Å². The molecule has 1 atom stereocenters. The van der Waals surface area contributed by atoms with Gasteiger partial charge in [-0.15, -0.1) is 0 Å². The first-order chi connectivity index (χ1) is 6.10. The summed E-state index contributed by atoms with van der Waals surface area (Å²) in [6.45, 7) is 7.11. The van der Waals surface area contributed by atoms with Gasteiger partial charge >= 0.3 is 5.97 Å². The van der Waals surface area contributed by atoms with Crippen molar-refractivity contribution in [2.45, 2.75) is 26.4 Å². The summed E-state index contributed by atoms with van der Waals surface area (Å²) in [6, 6.07) is 0. The Balaban J connectivity index is 4.04. The normalized spacial score (nSPS) is 12.5. The molecule has 0 heterocycles. The number of aldehydes is 1. The highest BCUT2D eigenvalue weighted by Gasteiger charge is 2.10. The molecule has 0 N–H and O–H groups in total. The molecule has 0 aliphatic carbocycles. The van der Waals surface area contributed by atoms with Crippen molar-refractivity contribution in [1.29, 1.82) is 0 Å². The molecule has 3 heteroatoms. The molecule has 0 rings (SSSR count). The van der Waals surface area contributed by atoms with Crippen LogP contribution in [0.5, 0.6) is 0 Å². The molecule has 0 saturated heterocycles. The number of esters is 1. The molecule has 0 aliphatic heterocycles. The van der Waals surface area contributed by atoms with Crippen molar-refractivity contribution in [1.82, 2.24) is 0 Å². The molecule has 0 spiro atoms. The van der Waals surface area contributed by atoms with Gasteiger partial charge in [-0.05, 0) is 13.8 Å². The number of carbonyl (C=O) groups is 2. The standard InChI is InChI=1S/C10H14O3/c1-4-5-10(12)13-9(7-11)6-8(2)3/h4-5,7,9H,2,6H2,1,3H3/b5-4+. The van der Waals surface area contributed by atoms with Crippen LogP contribution in [0.25, 0.3) is 0 Å². The highest BCUT2D eigenvalue weighted by atomic mass is 16.5. The summed E-state index contributed by atoms with van der Waals surface area (Å²) >= 11 is 0. The lowest BCUT2D eigenvalue weighted by atomic mass is 10.2. The second kappa shape index (κ2) is 6.17. The summed E-state index contributed by atoms with van der Waals surface area (Å²) in [7, 11) is 0. The van der Waals surface area contributed by atoms with Gasteiger partial charge in [-0.3, -0.25) is 4.79 Å². The highest BCUT2D eigenvalue weighted by Crippen LogP contribution is 2.04. The molecule has 3 nitrogen and oxygen atoms in total. The van der Waals surface area contributed by atoms with Gasteiger partial charge in [-0.1, -0.05) is 18.2 Å². The van der Waals surface area contributed by atoms with Gasteiger partial charge in [0.1, 0.15) is 0 Å². The van der Waals surface area contributed by atoms with Crippen molar-refractivity contribution in [3.63, 3.8) is 0 Å². The van der Waals surface area contributed by atoms with Gasteiger partial charge in [-0.2, -0.15) is 0 Å². The first-order valence-corrected chi connectivity index (χ1v) is 4.03. The summed E-state index contributed by atoms with van der Waals surface area (Å²) in [5.41, 5.74) is 0.811. The first-order valence-electron chi connectivity index (χ1n) is 4.03. The van der Waals surface area contributed by atoms with Crippen molar-refractivity contribution in [2.75, 3.05) is 0 Å². The Labute approximate surface area is 78.1 Å². The van der Waals surface area contributed by atoms with E-state index < -0.39 is 12.1 Å². The predicted octanol–water partition coefficient (Wildman–Crippen LogP) is 1.64. The lowest BCUT2D eigenvalue weighted by Gasteiger charge is -2.09. The van der Waals surface area contributed by atoms with Gasteiger partial charge in [0.05, 0.1) is 0 Å². The molecule has 0 bridgehead atoms. The van der Waals surface area contributed by atoms with Crippen LogP contribution in [0, 0.1) is 0 Å². The molecule has 0 saturated carbocycles. The minimum atomic E-state index is -0.707. The topological polar surface area (TPSA) is 43.4 Å². The number of rotatable bonds is 5. The van der Waals surface area contributed by atoms with Gasteiger partial charge in [0.2, 0.25) is 0 Å². The molecule has 1 unspecified atom stereocenters. The third kappa shape index (κ3) is 5.84. The third-order valence-corrected chi connectivity index (χ3v) is 1.27. The van der Waals surface area contributed by atoms with E-state index in [2.05, 4.69) is 6.58 Å². The molecule has 0 aliphatic rings. The van der Waals surface area contributed by atoms with Crippen molar-refractivity contribution in [2.24, 2.45) is 0 Å². The highest BCUT2D eigenvalue weighted by molar-refractivity contribution is 5.83. The average molecular weight is 182 g/mol. The first kappa shape index (κ1) is 11.6. The fourth-order valence-electron chi connectivity index (χ4n) is 0.786. The van der Waals surface area contributed by atoms with E-state index in [0.29, 0.717) is 12.7 Å². The van der Waals surface area contributed by atoms with E-state index in [1.54, 1.807) is 19.9 Å². The van der Waals surface area contributed by atoms with Crippen molar-refractivity contribution >= 4 is 12.3 Å². The predicted molar refractivity (Wildman–Crippen MR) is 50.2 cm³/mol. The van der Waals surface area contributed by atoms with Crippen LogP contribution in [-0.4, -0.2) is 18.4 Å². The lowest BCUT2D eigenvalue weighted by Crippen LogP contribution is -2.18. The summed E-state index contributed by atoms with van der Waals surface area (Å²) in [4.78, 5) is 21.3. The Bertz CT molecular complexity index is 228. The van der Waals surface area contributed by atoms with Gasteiger partial charge in [-0.25, -0.2) is 4.79 Å². The molecule has 0 amide bonds. The zero-order valence-electron chi connectivity index (χ0n) is 7.95. The zero-order valence-corrected chi connectivity index (χ0v) is 7.95. The second-order valence-corrected chi connectivity index (χ2v) is 2.77. The number of hydrogen-bond donors (Lipinski definition) is 0. The second-order valence-electron chi connectivity index (χ2n) is 2.77. The molecule has 0 radical (unpaired) electrons. The molecule has 72 valence electrons. The van der Waals surface area contributed by atoms with Crippen LogP contribution in [-0.2, 0) is 14.3 Å². The summed E-state index contributed by atoms with van der Waals surface area (Å²) in [5.74, 6) is -0.499. The molecule has 0 fully saturated rings. The number of carbonyl (C=O) groups excluding carboxylic acids is 2. The maximum Gasteiger partial charge on any atom is 0.331 e. The number of ether oxygens (including phenoxy) is 1. The maximum atomic E-state index is 10.9. The summed E-state index contributed by atoms with van der Waals surface area (Å²) in [6.07, 6.45) is 3.11. The molecule has 0 aromatic carbocycles. The van der Waals surface area contributed by atoms with E-state index in [-0.39, 0.29) is 0 Å². The summed E-state index contributed by atoms with van der Waals surface area (Å²) < 4.78 is 4.80. The molecule has 13 heavy (non-hydrogen) atoms. The van der Waals surface area contributed by atoms with Crippen LogP contribution in [0.1, 0.15) is 20.3 Å². The average Bonchev–Trinajstić information content (AvgIpc) is 2.02. The minimum Gasteiger partial charge on any atom is -0.451 e. The fraction of sp³-hybridized carbons (Fsp3) is 0.400. The molecule has 0 aromatic heterocycles. The monoisotopic (exact) mass is 182 g/mol. The maximum absolute atomic E-state index is 10.9. The third-order valence-electron chi connectivity index (χ3n) is 1.27. The minimum absolute atomic E-state index is 0.382. The molecule has 0 aromatic rings. The number of hydrogen-bond acceptors (Lipinski definition) is 3. The summed E-state index contributed by atoms with van der Waals surface area (Å²) in [5, 5.41) is 0. The van der Waals surface area contributed by atoms with Crippen molar-refractivity contribution in [3.05, 3.63) is 24.3 Å². The Morgan fingerprint density at radius 1 is 1.62 bits per heavy atom. The van der Waals surface area contributed by atoms with Crippen LogP contribution in [0.15, 0.2) is 24.3 Å². The quantitative estimate of drug-likeness (QED) is 0.281. The van der Waals surface area contributed by atoms with Crippen LogP contribution >= 0.6 is 0 Å². The largest absolute Gasteiger partial charge is 0.451 e. The fourth-order valence-corrected chi connectivity index (χ4v) is 0.786. The lowest BCUT2D eigenvalue weighted by molar-refractivity contribution is -0.146.